The summed E-state index contributed by atoms with van der Waals surface area (Å²) >= 11 is 0. The summed E-state index contributed by atoms with van der Waals surface area (Å²) in [6.07, 6.45) is 7.48. The van der Waals surface area contributed by atoms with Crippen molar-refractivity contribution in [2.75, 3.05) is 25.0 Å². The van der Waals surface area contributed by atoms with Gasteiger partial charge in [-0.05, 0) is 37.8 Å². The van der Waals surface area contributed by atoms with Gasteiger partial charge in [-0.25, -0.2) is 0 Å². The number of carbonyl (C=O) groups is 2. The van der Waals surface area contributed by atoms with Crippen molar-refractivity contribution < 1.29 is 9.59 Å². The predicted octanol–water partition coefficient (Wildman–Crippen LogP) is 3.21. The third-order valence-electron chi connectivity index (χ3n) is 5.35. The molecule has 5 nitrogen and oxygen atoms in total. The van der Waals surface area contributed by atoms with E-state index in [9.17, 15) is 9.59 Å². The molecule has 2 fully saturated rings. The summed E-state index contributed by atoms with van der Waals surface area (Å²) in [6, 6.07) is 9.91. The van der Waals surface area contributed by atoms with E-state index in [1.807, 2.05) is 35.2 Å². The molecule has 1 saturated carbocycles. The maximum atomic E-state index is 12.6. The van der Waals surface area contributed by atoms with Gasteiger partial charge < -0.3 is 15.5 Å². The summed E-state index contributed by atoms with van der Waals surface area (Å²) in [4.78, 5) is 26.7. The fourth-order valence-electron chi connectivity index (χ4n) is 3.87. The largest absolute Gasteiger partial charge is 0.376 e. The third kappa shape index (κ3) is 5.90. The smallest absolute Gasteiger partial charge is 0.239 e. The first kappa shape index (κ1) is 20.6. The van der Waals surface area contributed by atoms with Crippen molar-refractivity contribution in [2.24, 2.45) is 5.92 Å². The predicted molar refractivity (Wildman–Crippen MR) is 106 cm³/mol. The number of hydrogen-bond donors (Lipinski definition) is 2. The molecule has 3 rings (SSSR count). The van der Waals surface area contributed by atoms with Crippen molar-refractivity contribution in [1.82, 2.24) is 10.2 Å². The van der Waals surface area contributed by atoms with E-state index < -0.39 is 0 Å². The molecule has 1 aromatic carbocycles. The van der Waals surface area contributed by atoms with Gasteiger partial charge in [0.15, 0.2) is 0 Å². The second kappa shape index (κ2) is 10.4. The Labute approximate surface area is 162 Å². The first-order valence-electron chi connectivity index (χ1n) is 9.59. The van der Waals surface area contributed by atoms with Crippen LogP contribution in [0.1, 0.15) is 44.9 Å². The Morgan fingerprint density at radius 2 is 1.62 bits per heavy atom. The van der Waals surface area contributed by atoms with Crippen LogP contribution in [0.5, 0.6) is 0 Å². The molecule has 2 aliphatic rings. The lowest BCUT2D eigenvalue weighted by molar-refractivity contribution is -0.137. The third-order valence-corrected chi connectivity index (χ3v) is 5.35. The lowest BCUT2D eigenvalue weighted by Gasteiger charge is -2.35. The van der Waals surface area contributed by atoms with E-state index >= 15 is 0 Å². The van der Waals surface area contributed by atoms with Crippen molar-refractivity contribution in [3.63, 3.8) is 0 Å². The zero-order valence-electron chi connectivity index (χ0n) is 15.3. The number of rotatable bonds is 5. The van der Waals surface area contributed by atoms with Crippen molar-refractivity contribution in [3.8, 4) is 0 Å². The lowest BCUT2D eigenvalue weighted by Crippen LogP contribution is -2.49. The summed E-state index contributed by atoms with van der Waals surface area (Å²) in [5, 5.41) is 6.22. The summed E-state index contributed by atoms with van der Waals surface area (Å²) in [5.74, 6) is 0.603. The molecule has 1 aliphatic carbocycles. The Hall–Kier alpha value is -1.75. The molecule has 1 aromatic rings. The van der Waals surface area contributed by atoms with Crippen LogP contribution in [-0.2, 0) is 9.59 Å². The lowest BCUT2D eigenvalue weighted by atomic mass is 9.87. The molecule has 0 aromatic heterocycles. The van der Waals surface area contributed by atoms with Crippen LogP contribution >= 0.6 is 12.4 Å². The Bertz CT molecular complexity index is 568. The summed E-state index contributed by atoms with van der Waals surface area (Å²) in [6.45, 7) is 1.82. The topological polar surface area (TPSA) is 61.4 Å². The minimum Gasteiger partial charge on any atom is -0.376 e. The Morgan fingerprint density at radius 3 is 2.27 bits per heavy atom. The minimum atomic E-state index is 0. The molecule has 1 heterocycles. The van der Waals surface area contributed by atoms with Crippen LogP contribution in [0.25, 0.3) is 0 Å². The van der Waals surface area contributed by atoms with Crippen LogP contribution in [0.3, 0.4) is 0 Å². The van der Waals surface area contributed by atoms with Gasteiger partial charge in [-0.1, -0.05) is 37.5 Å². The number of likely N-dealkylation sites (tertiary alicyclic amines) is 1. The molecule has 144 valence electrons. The van der Waals surface area contributed by atoms with E-state index in [0.717, 1.165) is 44.5 Å². The van der Waals surface area contributed by atoms with E-state index in [1.165, 1.54) is 19.3 Å². The van der Waals surface area contributed by atoms with Crippen LogP contribution in [0.15, 0.2) is 30.3 Å². The molecule has 26 heavy (non-hydrogen) atoms. The SMILES string of the molecule is Cl.O=C(CNc1ccccc1)NC1CCN(C(=O)C2CCCCC2)CC1. The minimum absolute atomic E-state index is 0. The molecule has 0 bridgehead atoms. The molecule has 1 saturated heterocycles. The number of carbonyl (C=O) groups excluding carboxylic acids is 2. The second-order valence-electron chi connectivity index (χ2n) is 7.22. The molecular formula is C20H30ClN3O2. The average molecular weight is 380 g/mol. The van der Waals surface area contributed by atoms with Crippen molar-refractivity contribution in [3.05, 3.63) is 30.3 Å². The number of halogens is 1. The van der Waals surface area contributed by atoms with Gasteiger partial charge >= 0.3 is 0 Å². The highest BCUT2D eigenvalue weighted by Gasteiger charge is 2.29. The fraction of sp³-hybridized carbons (Fsp3) is 0.600. The van der Waals surface area contributed by atoms with Crippen LogP contribution in [-0.4, -0.2) is 42.4 Å². The van der Waals surface area contributed by atoms with Crippen molar-refractivity contribution in [2.45, 2.75) is 51.0 Å². The number of piperidine rings is 1. The number of nitrogens with one attached hydrogen (secondary N) is 2. The standard InChI is InChI=1S/C20H29N3O2.ClH/c24-19(15-21-17-9-5-2-6-10-17)22-18-11-13-23(14-12-18)20(25)16-7-3-1-4-8-16;/h2,5-6,9-10,16,18,21H,1,3-4,7-8,11-15H2,(H,22,24);1H. The second-order valence-corrected chi connectivity index (χ2v) is 7.22. The van der Waals surface area contributed by atoms with Gasteiger partial charge in [0.2, 0.25) is 11.8 Å². The Balaban J connectivity index is 0.00000243. The van der Waals surface area contributed by atoms with Crippen molar-refractivity contribution in [1.29, 1.82) is 0 Å². The normalized spacial score (nSPS) is 18.7. The van der Waals surface area contributed by atoms with E-state index in [2.05, 4.69) is 10.6 Å². The van der Waals surface area contributed by atoms with E-state index in [1.54, 1.807) is 0 Å². The van der Waals surface area contributed by atoms with Gasteiger partial charge in [0.1, 0.15) is 0 Å². The monoisotopic (exact) mass is 379 g/mol. The van der Waals surface area contributed by atoms with E-state index in [-0.39, 0.29) is 36.8 Å². The molecule has 0 atom stereocenters. The molecule has 6 heteroatoms. The molecule has 2 N–H and O–H groups in total. The number of para-hydroxylation sites is 1. The molecule has 1 aliphatic heterocycles. The van der Waals surface area contributed by atoms with Gasteiger partial charge in [0.05, 0.1) is 6.54 Å². The first-order chi connectivity index (χ1) is 12.2. The summed E-state index contributed by atoms with van der Waals surface area (Å²) in [7, 11) is 0. The van der Waals surface area contributed by atoms with Gasteiger partial charge in [-0.3, -0.25) is 9.59 Å². The number of amides is 2. The van der Waals surface area contributed by atoms with Crippen LogP contribution < -0.4 is 10.6 Å². The molecule has 0 spiro atoms. The Morgan fingerprint density at radius 1 is 0.962 bits per heavy atom. The summed E-state index contributed by atoms with van der Waals surface area (Å²) < 4.78 is 0. The average Bonchev–Trinajstić information content (AvgIpc) is 2.68. The van der Waals surface area contributed by atoms with Crippen LogP contribution in [0.2, 0.25) is 0 Å². The van der Waals surface area contributed by atoms with Crippen LogP contribution in [0.4, 0.5) is 5.69 Å². The van der Waals surface area contributed by atoms with Gasteiger partial charge in [-0.2, -0.15) is 0 Å². The number of nitrogens with zero attached hydrogens (tertiary/aromatic N) is 1. The van der Waals surface area contributed by atoms with Gasteiger partial charge in [-0.15, -0.1) is 12.4 Å². The number of benzene rings is 1. The zero-order chi connectivity index (χ0) is 17.5. The maximum Gasteiger partial charge on any atom is 0.239 e. The highest BCUT2D eigenvalue weighted by molar-refractivity contribution is 5.85. The molecule has 0 unspecified atom stereocenters. The van der Waals surface area contributed by atoms with Crippen LogP contribution in [0, 0.1) is 5.92 Å². The van der Waals surface area contributed by atoms with Crippen molar-refractivity contribution >= 4 is 29.9 Å². The number of hydrogen-bond acceptors (Lipinski definition) is 3. The highest BCUT2D eigenvalue weighted by atomic mass is 35.5. The van der Waals surface area contributed by atoms with Gasteiger partial charge in [0.25, 0.3) is 0 Å². The van der Waals surface area contributed by atoms with Gasteiger partial charge in [0, 0.05) is 30.7 Å². The first-order valence-corrected chi connectivity index (χ1v) is 9.59. The zero-order valence-corrected chi connectivity index (χ0v) is 16.1. The fourth-order valence-corrected chi connectivity index (χ4v) is 3.87. The molecular weight excluding hydrogens is 350 g/mol. The quantitative estimate of drug-likeness (QED) is 0.825. The van der Waals surface area contributed by atoms with E-state index in [0.29, 0.717) is 5.91 Å². The highest BCUT2D eigenvalue weighted by Crippen LogP contribution is 2.26. The number of anilines is 1. The summed E-state index contributed by atoms with van der Waals surface area (Å²) in [5.41, 5.74) is 0.950. The Kier molecular flexibility index (Phi) is 8.23. The van der Waals surface area contributed by atoms with E-state index in [4.69, 9.17) is 0 Å². The molecule has 0 radical (unpaired) electrons. The maximum absolute atomic E-state index is 12.6. The molecule has 2 amide bonds.